The van der Waals surface area contributed by atoms with Crippen LogP contribution in [-0.4, -0.2) is 109 Å². The van der Waals surface area contributed by atoms with Gasteiger partial charge in [0.2, 0.25) is 5.91 Å². The molecule has 1 fully saturated rings. The number of aliphatic hydroxyl groups excluding tert-OH is 3. The topological polar surface area (TPSA) is 197 Å². The Morgan fingerprint density at radius 3 is 2.47 bits per heavy atom. The number of carbonyl (C=O) groups excluding carboxylic acids is 2. The normalized spacial score (nSPS) is 24.3. The van der Waals surface area contributed by atoms with Crippen LogP contribution >= 0.6 is 0 Å². The molecule has 188 valence electrons. The average molecular weight is 484 g/mol. The smallest absolute Gasteiger partial charge is 0.394 e. The average Bonchev–Trinajstić information content (AvgIpc) is 2.84. The highest BCUT2D eigenvalue weighted by Gasteiger charge is 2.45. The highest BCUT2D eigenvalue weighted by molar-refractivity contribution is 5.94. The van der Waals surface area contributed by atoms with Crippen LogP contribution in [0.15, 0.2) is 18.3 Å². The van der Waals surface area contributed by atoms with Crippen molar-refractivity contribution in [1.29, 1.82) is 5.39 Å². The van der Waals surface area contributed by atoms with E-state index in [9.17, 15) is 24.9 Å². The SMILES string of the molecule is CC(=O)NC1[C@H](OCCOCCOCCNC(=O)c2ccc([N+]#N)nc2)OC(CO)[C@H](O)[C@@H]1O. The van der Waals surface area contributed by atoms with Crippen LogP contribution in [0.2, 0.25) is 0 Å². The van der Waals surface area contributed by atoms with E-state index >= 15 is 0 Å². The van der Waals surface area contributed by atoms with Gasteiger partial charge in [0.15, 0.2) is 12.5 Å². The molecule has 34 heavy (non-hydrogen) atoms. The summed E-state index contributed by atoms with van der Waals surface area (Å²) in [5.41, 5.74) is 0.325. The maximum absolute atomic E-state index is 11.9. The third-order valence-corrected chi connectivity index (χ3v) is 4.78. The summed E-state index contributed by atoms with van der Waals surface area (Å²) in [5, 5.41) is 43.2. The van der Waals surface area contributed by atoms with Crippen molar-refractivity contribution < 1.29 is 43.9 Å². The van der Waals surface area contributed by atoms with Crippen molar-refractivity contribution in [3.63, 3.8) is 0 Å². The fourth-order valence-electron chi connectivity index (χ4n) is 3.08. The van der Waals surface area contributed by atoms with E-state index in [1.165, 1.54) is 25.3 Å². The molecule has 2 unspecified atom stereocenters. The van der Waals surface area contributed by atoms with Gasteiger partial charge in [-0.15, -0.1) is 0 Å². The minimum Gasteiger partial charge on any atom is -0.394 e. The number of pyridine rings is 1. The van der Waals surface area contributed by atoms with Crippen LogP contribution in [0.5, 0.6) is 0 Å². The van der Waals surface area contributed by atoms with Crippen LogP contribution in [0.3, 0.4) is 0 Å². The summed E-state index contributed by atoms with van der Waals surface area (Å²) in [6.07, 6.45) is -3.58. The van der Waals surface area contributed by atoms with Crippen molar-refractivity contribution in [2.24, 2.45) is 0 Å². The molecule has 5 N–H and O–H groups in total. The summed E-state index contributed by atoms with van der Waals surface area (Å²) in [4.78, 5) is 30.0. The minimum absolute atomic E-state index is 0.0637. The molecular weight excluding hydrogens is 454 g/mol. The Bertz CT molecular complexity index is 820. The van der Waals surface area contributed by atoms with Crippen molar-refractivity contribution in [2.45, 2.75) is 37.6 Å². The number of carbonyl (C=O) groups is 2. The summed E-state index contributed by atoms with van der Waals surface area (Å²) in [7, 11) is 0. The lowest BCUT2D eigenvalue weighted by Crippen LogP contribution is -2.64. The van der Waals surface area contributed by atoms with Crippen LogP contribution in [-0.2, 0) is 23.7 Å². The number of hydrogen-bond donors (Lipinski definition) is 5. The molecule has 2 rings (SSSR count). The lowest BCUT2D eigenvalue weighted by atomic mass is 9.97. The number of aromatic nitrogens is 1. The molecule has 1 aromatic heterocycles. The third-order valence-electron chi connectivity index (χ3n) is 4.78. The monoisotopic (exact) mass is 484 g/mol. The second kappa shape index (κ2) is 14.5. The Morgan fingerprint density at radius 2 is 1.85 bits per heavy atom. The molecule has 1 aromatic rings. The molecule has 2 amide bonds. The largest absolute Gasteiger partial charge is 0.464 e. The van der Waals surface area contributed by atoms with Gasteiger partial charge in [0.1, 0.15) is 24.4 Å². The number of amides is 2. The fraction of sp³-hybridized carbons (Fsp3) is 0.650. The number of ether oxygens (including phenoxy) is 4. The van der Waals surface area contributed by atoms with E-state index in [4.69, 9.17) is 24.3 Å². The lowest BCUT2D eigenvalue weighted by Gasteiger charge is -2.42. The molecule has 0 spiro atoms. The first kappa shape index (κ1) is 27.5. The number of nitrogens with one attached hydrogen (secondary N) is 2. The first-order valence-corrected chi connectivity index (χ1v) is 10.6. The Morgan fingerprint density at radius 1 is 1.15 bits per heavy atom. The number of rotatable bonds is 13. The highest BCUT2D eigenvalue weighted by Crippen LogP contribution is 2.22. The van der Waals surface area contributed by atoms with Gasteiger partial charge in [-0.3, -0.25) is 9.59 Å². The summed E-state index contributed by atoms with van der Waals surface area (Å²) in [6.45, 7) is 2.03. The molecule has 5 atom stereocenters. The standard InChI is InChI=1S/C20H29N5O9/c1-12(27)24-16-18(29)17(28)14(11-26)34-20(16)33-9-8-32-7-6-31-5-4-22-19(30)13-2-3-15(25-21)23-10-13/h2-3,10,14,16-18,20,26,28-29H,4-9,11H2,1H3,(H-,22,24,27,30)/p+1/t14?,16?,17-,18+,20+/m0/s1. The number of diazo groups is 1. The number of aliphatic hydroxyl groups is 3. The fourth-order valence-corrected chi connectivity index (χ4v) is 3.08. The van der Waals surface area contributed by atoms with Gasteiger partial charge in [-0.2, -0.15) is 0 Å². The van der Waals surface area contributed by atoms with Crippen LogP contribution < -0.4 is 10.6 Å². The third kappa shape index (κ3) is 8.54. The maximum Gasteiger partial charge on any atom is 0.464 e. The van der Waals surface area contributed by atoms with Crippen LogP contribution in [0.4, 0.5) is 5.82 Å². The van der Waals surface area contributed by atoms with E-state index in [0.29, 0.717) is 5.56 Å². The Balaban J connectivity index is 1.57. The molecule has 0 saturated carbocycles. The molecule has 14 heteroatoms. The van der Waals surface area contributed by atoms with Gasteiger partial charge in [-0.1, -0.05) is 0 Å². The van der Waals surface area contributed by atoms with E-state index in [1.54, 1.807) is 0 Å². The highest BCUT2D eigenvalue weighted by atomic mass is 16.7. The molecule has 1 aliphatic heterocycles. The molecule has 1 aliphatic rings. The van der Waals surface area contributed by atoms with Gasteiger partial charge in [0.25, 0.3) is 5.91 Å². The van der Waals surface area contributed by atoms with E-state index in [0.717, 1.165) is 0 Å². The summed E-state index contributed by atoms with van der Waals surface area (Å²) >= 11 is 0. The van der Waals surface area contributed by atoms with Crippen molar-refractivity contribution in [3.8, 4) is 0 Å². The first-order chi connectivity index (χ1) is 16.4. The van der Waals surface area contributed by atoms with Crippen LogP contribution in [0.25, 0.3) is 4.98 Å². The zero-order valence-corrected chi connectivity index (χ0v) is 18.7. The summed E-state index contributed by atoms with van der Waals surface area (Å²) < 4.78 is 21.7. The quantitative estimate of drug-likeness (QED) is 0.158. The van der Waals surface area contributed by atoms with E-state index in [1.807, 2.05) is 0 Å². The molecule has 2 heterocycles. The van der Waals surface area contributed by atoms with E-state index in [-0.39, 0.29) is 51.3 Å². The summed E-state index contributed by atoms with van der Waals surface area (Å²) in [6, 6.07) is 1.88. The van der Waals surface area contributed by atoms with Gasteiger partial charge in [0, 0.05) is 18.4 Å². The second-order valence-corrected chi connectivity index (χ2v) is 7.29. The Hall–Kier alpha value is -2.77. The minimum atomic E-state index is -1.38. The Labute approximate surface area is 195 Å². The number of hydrogen-bond acceptors (Lipinski definition) is 11. The van der Waals surface area contributed by atoms with Gasteiger partial charge in [-0.25, -0.2) is 0 Å². The van der Waals surface area contributed by atoms with Crippen molar-refractivity contribution in [1.82, 2.24) is 15.6 Å². The van der Waals surface area contributed by atoms with Crippen LogP contribution in [0, 0.1) is 5.39 Å². The zero-order chi connectivity index (χ0) is 24.9. The molecule has 0 aromatic carbocycles. The molecular formula is C20H30N5O9+. The Kier molecular flexibility index (Phi) is 11.7. The van der Waals surface area contributed by atoms with E-state index < -0.39 is 43.2 Å². The van der Waals surface area contributed by atoms with Gasteiger partial charge >= 0.3 is 5.82 Å². The number of nitrogens with zero attached hydrogens (tertiary/aromatic N) is 3. The molecule has 14 nitrogen and oxygen atoms in total. The van der Waals surface area contributed by atoms with Gasteiger partial charge < -0.3 is 44.9 Å². The van der Waals surface area contributed by atoms with Crippen LogP contribution in [0.1, 0.15) is 17.3 Å². The lowest BCUT2D eigenvalue weighted by molar-refractivity contribution is -0.272. The predicted molar refractivity (Wildman–Crippen MR) is 114 cm³/mol. The van der Waals surface area contributed by atoms with Gasteiger partial charge in [0.05, 0.1) is 56.7 Å². The van der Waals surface area contributed by atoms with Gasteiger partial charge in [-0.05, 0) is 11.1 Å². The van der Waals surface area contributed by atoms with Crippen molar-refractivity contribution in [3.05, 3.63) is 28.9 Å². The maximum atomic E-state index is 11.9. The molecule has 1 saturated heterocycles. The summed E-state index contributed by atoms with van der Waals surface area (Å²) in [5.74, 6) is -0.667. The molecule has 0 bridgehead atoms. The predicted octanol–water partition coefficient (Wildman–Crippen LogP) is -1.71. The zero-order valence-electron chi connectivity index (χ0n) is 18.7. The molecule has 0 radical (unpaired) electrons. The second-order valence-electron chi connectivity index (χ2n) is 7.29. The van der Waals surface area contributed by atoms with Crippen molar-refractivity contribution in [2.75, 3.05) is 46.2 Å². The molecule has 0 aliphatic carbocycles. The van der Waals surface area contributed by atoms with E-state index in [2.05, 4.69) is 20.6 Å². The van der Waals surface area contributed by atoms with Crippen molar-refractivity contribution >= 4 is 17.6 Å². The first-order valence-electron chi connectivity index (χ1n) is 10.6.